The fourth-order valence-electron chi connectivity index (χ4n) is 2.45. The first-order valence-electron chi connectivity index (χ1n) is 7.39. The molecule has 7 heteroatoms. The van der Waals surface area contributed by atoms with Gasteiger partial charge in [-0.15, -0.1) is 0 Å². The predicted molar refractivity (Wildman–Crippen MR) is 95.8 cm³/mol. The van der Waals surface area contributed by atoms with E-state index in [0.29, 0.717) is 34.6 Å². The molecule has 2 aromatic carbocycles. The van der Waals surface area contributed by atoms with Crippen LogP contribution in [-0.4, -0.2) is 32.1 Å². The van der Waals surface area contributed by atoms with Crippen molar-refractivity contribution in [3.8, 4) is 5.75 Å². The van der Waals surface area contributed by atoms with Crippen molar-refractivity contribution in [2.45, 2.75) is 0 Å². The summed E-state index contributed by atoms with van der Waals surface area (Å²) in [6.07, 6.45) is 0. The second-order valence-electron chi connectivity index (χ2n) is 5.23. The van der Waals surface area contributed by atoms with Gasteiger partial charge < -0.3 is 15.4 Å². The molecule has 0 aliphatic carbocycles. The van der Waals surface area contributed by atoms with Crippen molar-refractivity contribution in [3.05, 3.63) is 52.5 Å². The molecule has 124 valence electrons. The Labute approximate surface area is 147 Å². The lowest BCUT2D eigenvalue weighted by Gasteiger charge is -2.14. The van der Waals surface area contributed by atoms with Crippen LogP contribution in [0.4, 0.5) is 16.2 Å². The number of rotatable bonds is 4. The third kappa shape index (κ3) is 3.35. The Kier molecular flexibility index (Phi) is 4.71. The summed E-state index contributed by atoms with van der Waals surface area (Å²) in [5, 5.41) is 5.59. The number of benzene rings is 2. The van der Waals surface area contributed by atoms with Crippen molar-refractivity contribution >= 4 is 39.2 Å². The number of carbonyl (C=O) groups excluding carboxylic acids is 2. The summed E-state index contributed by atoms with van der Waals surface area (Å²) < 4.78 is 5.87. The Balaban J connectivity index is 1.70. The fourth-order valence-corrected chi connectivity index (χ4v) is 2.99. The number of nitrogens with one attached hydrogen (secondary N) is 2. The Morgan fingerprint density at radius 1 is 1.25 bits per heavy atom. The van der Waals surface area contributed by atoms with Gasteiger partial charge in [0.15, 0.2) is 0 Å². The van der Waals surface area contributed by atoms with Crippen LogP contribution in [0, 0.1) is 0 Å². The number of methoxy groups -OCH3 is 1. The van der Waals surface area contributed by atoms with Gasteiger partial charge in [-0.3, -0.25) is 9.69 Å². The molecule has 1 fully saturated rings. The first-order chi connectivity index (χ1) is 11.6. The molecule has 24 heavy (non-hydrogen) atoms. The number of amides is 3. The highest BCUT2D eigenvalue weighted by Gasteiger charge is 2.20. The molecule has 1 aliphatic heterocycles. The van der Waals surface area contributed by atoms with Crippen LogP contribution < -0.4 is 20.3 Å². The summed E-state index contributed by atoms with van der Waals surface area (Å²) in [4.78, 5) is 25.6. The minimum absolute atomic E-state index is 0.102. The molecule has 1 saturated heterocycles. The Morgan fingerprint density at radius 2 is 2.00 bits per heavy atom. The number of ether oxygens (including phenoxy) is 1. The van der Waals surface area contributed by atoms with E-state index in [0.717, 1.165) is 5.69 Å². The van der Waals surface area contributed by atoms with Crippen LogP contribution in [0.2, 0.25) is 0 Å². The topological polar surface area (TPSA) is 70.7 Å². The van der Waals surface area contributed by atoms with Crippen molar-refractivity contribution in [3.63, 3.8) is 0 Å². The number of nitrogens with zero attached hydrogens (tertiary/aromatic N) is 1. The zero-order chi connectivity index (χ0) is 17.1. The van der Waals surface area contributed by atoms with E-state index in [-0.39, 0.29) is 11.9 Å². The molecule has 0 spiro atoms. The molecule has 1 aliphatic rings. The highest BCUT2D eigenvalue weighted by Crippen LogP contribution is 2.26. The van der Waals surface area contributed by atoms with Crippen LogP contribution in [-0.2, 0) is 0 Å². The highest BCUT2D eigenvalue weighted by atomic mass is 79.9. The molecule has 0 atom stereocenters. The molecule has 6 nitrogen and oxygen atoms in total. The number of carbonyl (C=O) groups is 2. The van der Waals surface area contributed by atoms with Crippen LogP contribution in [0.15, 0.2) is 46.9 Å². The van der Waals surface area contributed by atoms with Gasteiger partial charge in [-0.05, 0) is 58.4 Å². The van der Waals surface area contributed by atoms with E-state index in [1.165, 1.54) is 0 Å². The normalized spacial score (nSPS) is 13.6. The third-order valence-electron chi connectivity index (χ3n) is 3.71. The number of urea groups is 1. The SMILES string of the molecule is COc1ccc(C(=O)Nc2ccc(N3CCNC3=O)cc2)cc1Br. The number of anilines is 2. The molecule has 3 rings (SSSR count). The standard InChI is InChI=1S/C17H16BrN3O3/c1-24-15-7-2-11(10-14(15)18)16(22)20-12-3-5-13(6-4-12)21-9-8-19-17(21)23/h2-7,10H,8-9H2,1H3,(H,19,23)(H,20,22). The first kappa shape index (κ1) is 16.3. The molecule has 0 unspecified atom stereocenters. The Hall–Kier alpha value is -2.54. The molecular weight excluding hydrogens is 374 g/mol. The second kappa shape index (κ2) is 6.92. The van der Waals surface area contributed by atoms with Crippen LogP contribution in [0.1, 0.15) is 10.4 Å². The van der Waals surface area contributed by atoms with Gasteiger partial charge in [0.05, 0.1) is 11.6 Å². The van der Waals surface area contributed by atoms with Gasteiger partial charge in [0.2, 0.25) is 0 Å². The largest absolute Gasteiger partial charge is 0.496 e. The van der Waals surface area contributed by atoms with Gasteiger partial charge in [0, 0.05) is 30.0 Å². The maximum absolute atomic E-state index is 12.3. The summed E-state index contributed by atoms with van der Waals surface area (Å²) in [5.41, 5.74) is 1.98. The lowest BCUT2D eigenvalue weighted by molar-refractivity contribution is 0.102. The molecule has 0 bridgehead atoms. The van der Waals surface area contributed by atoms with Crippen molar-refractivity contribution < 1.29 is 14.3 Å². The predicted octanol–water partition coefficient (Wildman–Crippen LogP) is 3.24. The van der Waals surface area contributed by atoms with Crippen molar-refractivity contribution in [2.24, 2.45) is 0 Å². The molecule has 3 amide bonds. The summed E-state index contributed by atoms with van der Waals surface area (Å²) in [6.45, 7) is 1.29. The lowest BCUT2D eigenvalue weighted by atomic mass is 10.2. The van der Waals surface area contributed by atoms with Gasteiger partial charge in [0.25, 0.3) is 5.91 Å². The van der Waals surface area contributed by atoms with Gasteiger partial charge in [0.1, 0.15) is 5.75 Å². The Morgan fingerprint density at radius 3 is 2.58 bits per heavy atom. The second-order valence-corrected chi connectivity index (χ2v) is 6.09. The van der Waals surface area contributed by atoms with Crippen molar-refractivity contribution in [1.82, 2.24) is 5.32 Å². The smallest absolute Gasteiger partial charge is 0.321 e. The zero-order valence-corrected chi connectivity index (χ0v) is 14.6. The van der Waals surface area contributed by atoms with E-state index in [2.05, 4.69) is 26.6 Å². The molecule has 1 heterocycles. The molecule has 2 aromatic rings. The van der Waals surface area contributed by atoms with Gasteiger partial charge >= 0.3 is 6.03 Å². The van der Waals surface area contributed by atoms with E-state index in [1.54, 1.807) is 42.3 Å². The minimum atomic E-state index is -0.218. The molecular formula is C17H16BrN3O3. The molecule has 0 saturated carbocycles. The van der Waals surface area contributed by atoms with Crippen LogP contribution in [0.25, 0.3) is 0 Å². The summed E-state index contributed by atoms with van der Waals surface area (Å²) in [6, 6.07) is 12.2. The molecule has 0 aromatic heterocycles. The van der Waals surface area contributed by atoms with Crippen LogP contribution >= 0.6 is 15.9 Å². The number of hydrogen-bond donors (Lipinski definition) is 2. The van der Waals surface area contributed by atoms with Gasteiger partial charge in [-0.25, -0.2) is 4.79 Å². The summed E-state index contributed by atoms with van der Waals surface area (Å²) in [5.74, 6) is 0.449. The van der Waals surface area contributed by atoms with Gasteiger partial charge in [-0.1, -0.05) is 0 Å². The van der Waals surface area contributed by atoms with E-state index >= 15 is 0 Å². The van der Waals surface area contributed by atoms with Crippen molar-refractivity contribution in [2.75, 3.05) is 30.4 Å². The van der Waals surface area contributed by atoms with E-state index < -0.39 is 0 Å². The zero-order valence-electron chi connectivity index (χ0n) is 13.0. The average molecular weight is 390 g/mol. The van der Waals surface area contributed by atoms with E-state index in [9.17, 15) is 9.59 Å². The fraction of sp³-hybridized carbons (Fsp3) is 0.176. The van der Waals surface area contributed by atoms with E-state index in [1.807, 2.05) is 12.1 Å². The third-order valence-corrected chi connectivity index (χ3v) is 4.33. The number of halogens is 1. The minimum Gasteiger partial charge on any atom is -0.496 e. The van der Waals surface area contributed by atoms with Crippen LogP contribution in [0.3, 0.4) is 0 Å². The lowest BCUT2D eigenvalue weighted by Crippen LogP contribution is -2.27. The maximum Gasteiger partial charge on any atom is 0.321 e. The van der Waals surface area contributed by atoms with Crippen molar-refractivity contribution in [1.29, 1.82) is 0 Å². The Bertz CT molecular complexity index is 777. The number of hydrogen-bond acceptors (Lipinski definition) is 3. The summed E-state index contributed by atoms with van der Waals surface area (Å²) in [7, 11) is 1.57. The van der Waals surface area contributed by atoms with E-state index in [4.69, 9.17) is 4.74 Å². The average Bonchev–Trinajstić information content (AvgIpc) is 3.01. The summed E-state index contributed by atoms with van der Waals surface area (Å²) >= 11 is 3.37. The highest BCUT2D eigenvalue weighted by molar-refractivity contribution is 9.10. The van der Waals surface area contributed by atoms with Gasteiger partial charge in [-0.2, -0.15) is 0 Å². The maximum atomic E-state index is 12.3. The monoisotopic (exact) mass is 389 g/mol. The molecule has 0 radical (unpaired) electrons. The van der Waals surface area contributed by atoms with Crippen LogP contribution in [0.5, 0.6) is 5.75 Å². The quantitative estimate of drug-likeness (QED) is 0.842. The first-order valence-corrected chi connectivity index (χ1v) is 8.18. The molecule has 2 N–H and O–H groups in total.